The molecule has 1 unspecified atom stereocenters. The fraction of sp³-hybridized carbons (Fsp3) is 0.429. The number of aromatic nitrogens is 2. The van der Waals surface area contributed by atoms with Crippen LogP contribution in [0, 0.1) is 0 Å². The Morgan fingerprint density at radius 3 is 3.00 bits per heavy atom. The van der Waals surface area contributed by atoms with E-state index >= 15 is 0 Å². The quantitative estimate of drug-likeness (QED) is 0.676. The summed E-state index contributed by atoms with van der Waals surface area (Å²) in [6, 6.07) is 0. The number of aliphatic hydroxyl groups is 1. The highest BCUT2D eigenvalue weighted by atomic mass is 79.9. The Labute approximate surface area is 83.1 Å². The fourth-order valence-electron chi connectivity index (χ4n) is 0.954. The first-order valence-electron chi connectivity index (χ1n) is 3.74. The molecule has 1 aromatic rings. The van der Waals surface area contributed by atoms with Crippen LogP contribution in [-0.2, 0) is 0 Å². The fourth-order valence-corrected chi connectivity index (χ4v) is 1.49. The lowest BCUT2D eigenvalue weighted by atomic mass is 10.1. The predicted molar refractivity (Wildman–Crippen MR) is 51.4 cm³/mol. The first kappa shape index (κ1) is 10.4. The zero-order valence-electron chi connectivity index (χ0n) is 6.83. The topological polar surface area (TPSA) is 92.0 Å². The minimum Gasteiger partial charge on any atom is -0.396 e. The molecule has 72 valence electrons. The van der Waals surface area contributed by atoms with Crippen molar-refractivity contribution in [1.29, 1.82) is 0 Å². The van der Waals surface area contributed by atoms with E-state index in [-0.39, 0.29) is 24.6 Å². The Kier molecular flexibility index (Phi) is 3.58. The highest BCUT2D eigenvalue weighted by Crippen LogP contribution is 2.17. The van der Waals surface area contributed by atoms with E-state index < -0.39 is 0 Å². The molecule has 1 atom stereocenters. The minimum atomic E-state index is -0.295. The summed E-state index contributed by atoms with van der Waals surface area (Å²) in [5.41, 5.74) is 5.63. The van der Waals surface area contributed by atoms with Crippen LogP contribution in [0.15, 0.2) is 15.6 Å². The summed E-state index contributed by atoms with van der Waals surface area (Å²) >= 11 is 3.09. The second-order valence-electron chi connectivity index (χ2n) is 2.55. The van der Waals surface area contributed by atoms with Crippen molar-refractivity contribution in [3.63, 3.8) is 0 Å². The Balaban J connectivity index is 3.13. The summed E-state index contributed by atoms with van der Waals surface area (Å²) in [6.45, 7) is 0.136. The van der Waals surface area contributed by atoms with E-state index in [1.54, 1.807) is 0 Å². The number of halogens is 1. The predicted octanol–water partition coefficient (Wildman–Crippen LogP) is -0.433. The summed E-state index contributed by atoms with van der Waals surface area (Å²) in [4.78, 5) is 17.5. The van der Waals surface area contributed by atoms with Crippen molar-refractivity contribution in [3.05, 3.63) is 26.8 Å². The average Bonchev–Trinajstić information content (AvgIpc) is 2.14. The zero-order valence-corrected chi connectivity index (χ0v) is 8.41. The van der Waals surface area contributed by atoms with Gasteiger partial charge < -0.3 is 15.8 Å². The van der Waals surface area contributed by atoms with Crippen LogP contribution >= 0.6 is 15.9 Å². The number of aromatic amines is 1. The van der Waals surface area contributed by atoms with Gasteiger partial charge in [0.1, 0.15) is 4.47 Å². The van der Waals surface area contributed by atoms with E-state index in [1.165, 1.54) is 6.33 Å². The Bertz CT molecular complexity index is 335. The molecule has 5 nitrogen and oxygen atoms in total. The molecule has 0 saturated heterocycles. The molecule has 0 fully saturated rings. The van der Waals surface area contributed by atoms with E-state index in [1.807, 2.05) is 0 Å². The Morgan fingerprint density at radius 2 is 2.46 bits per heavy atom. The minimum absolute atomic E-state index is 0.119. The zero-order chi connectivity index (χ0) is 9.84. The Hall–Kier alpha value is -0.720. The number of hydrogen-bond acceptors (Lipinski definition) is 4. The lowest BCUT2D eigenvalue weighted by molar-refractivity contribution is 0.265. The molecule has 0 aliphatic carbocycles. The van der Waals surface area contributed by atoms with Gasteiger partial charge in [-0.05, 0) is 15.9 Å². The summed E-state index contributed by atoms with van der Waals surface area (Å²) in [5.74, 6) is -0.295. The largest absolute Gasteiger partial charge is 0.396 e. The smallest absolute Gasteiger partial charge is 0.265 e. The van der Waals surface area contributed by atoms with Gasteiger partial charge >= 0.3 is 0 Å². The van der Waals surface area contributed by atoms with Crippen LogP contribution in [0.4, 0.5) is 0 Å². The summed E-state index contributed by atoms with van der Waals surface area (Å²) in [7, 11) is 0. The number of rotatable bonds is 3. The van der Waals surface area contributed by atoms with E-state index in [0.717, 1.165) is 0 Å². The molecule has 1 aromatic heterocycles. The maximum absolute atomic E-state index is 11.1. The third-order valence-corrected chi connectivity index (χ3v) is 2.48. The van der Waals surface area contributed by atoms with Crippen LogP contribution < -0.4 is 11.3 Å². The van der Waals surface area contributed by atoms with E-state index in [4.69, 9.17) is 10.8 Å². The van der Waals surface area contributed by atoms with Gasteiger partial charge in [0, 0.05) is 12.5 Å². The molecule has 0 radical (unpaired) electrons. The van der Waals surface area contributed by atoms with Gasteiger partial charge in [0.2, 0.25) is 0 Å². The standard InChI is InChI=1S/C7H10BrN3O2/c8-5-6(4(1-9)2-12)10-3-11-7(5)13/h3-4,12H,1-2,9H2,(H,10,11,13). The number of nitrogens with zero attached hydrogens (tertiary/aromatic N) is 1. The molecule has 1 rings (SSSR count). The van der Waals surface area contributed by atoms with Crippen LogP contribution in [0.25, 0.3) is 0 Å². The molecule has 0 bridgehead atoms. The van der Waals surface area contributed by atoms with Crippen molar-refractivity contribution >= 4 is 15.9 Å². The lowest BCUT2D eigenvalue weighted by Gasteiger charge is -2.10. The molecule has 0 saturated carbocycles. The molecule has 0 aliphatic rings. The van der Waals surface area contributed by atoms with E-state index in [9.17, 15) is 4.79 Å². The number of hydrogen-bond donors (Lipinski definition) is 3. The highest BCUT2D eigenvalue weighted by Gasteiger charge is 2.15. The summed E-state index contributed by atoms with van der Waals surface area (Å²) in [6.07, 6.45) is 1.29. The van der Waals surface area contributed by atoms with Crippen LogP contribution in [0.2, 0.25) is 0 Å². The molecular weight excluding hydrogens is 238 g/mol. The maximum Gasteiger partial charge on any atom is 0.265 e. The highest BCUT2D eigenvalue weighted by molar-refractivity contribution is 9.10. The lowest BCUT2D eigenvalue weighted by Crippen LogP contribution is -2.21. The molecule has 0 aliphatic heterocycles. The van der Waals surface area contributed by atoms with Crippen molar-refractivity contribution in [3.8, 4) is 0 Å². The normalized spacial score (nSPS) is 12.8. The van der Waals surface area contributed by atoms with Gasteiger partial charge in [-0.1, -0.05) is 0 Å². The molecular formula is C7H10BrN3O2. The van der Waals surface area contributed by atoms with Gasteiger partial charge in [0.05, 0.1) is 18.6 Å². The van der Waals surface area contributed by atoms with Gasteiger partial charge in [0.25, 0.3) is 5.56 Å². The summed E-state index contributed by atoms with van der Waals surface area (Å²) in [5, 5.41) is 8.94. The van der Waals surface area contributed by atoms with Gasteiger partial charge in [-0.3, -0.25) is 4.79 Å². The molecule has 4 N–H and O–H groups in total. The van der Waals surface area contributed by atoms with Gasteiger partial charge in [-0.2, -0.15) is 0 Å². The molecule has 6 heteroatoms. The van der Waals surface area contributed by atoms with Crippen LogP contribution in [0.3, 0.4) is 0 Å². The first-order chi connectivity index (χ1) is 6.20. The molecule has 0 spiro atoms. The molecule has 1 heterocycles. The van der Waals surface area contributed by atoms with Gasteiger partial charge in [-0.15, -0.1) is 0 Å². The van der Waals surface area contributed by atoms with Crippen molar-refractivity contribution in [2.45, 2.75) is 5.92 Å². The molecule has 0 aromatic carbocycles. The number of nitrogens with two attached hydrogens (primary N) is 1. The SMILES string of the molecule is NCC(CO)c1nc[nH]c(=O)c1Br. The number of H-pyrrole nitrogens is 1. The maximum atomic E-state index is 11.1. The van der Waals surface area contributed by atoms with Crippen molar-refractivity contribution in [1.82, 2.24) is 9.97 Å². The van der Waals surface area contributed by atoms with Gasteiger partial charge in [0.15, 0.2) is 0 Å². The van der Waals surface area contributed by atoms with Crippen molar-refractivity contribution < 1.29 is 5.11 Å². The van der Waals surface area contributed by atoms with Crippen molar-refractivity contribution in [2.24, 2.45) is 5.73 Å². The average molecular weight is 248 g/mol. The second kappa shape index (κ2) is 4.50. The first-order valence-corrected chi connectivity index (χ1v) is 4.54. The monoisotopic (exact) mass is 247 g/mol. The van der Waals surface area contributed by atoms with E-state index in [2.05, 4.69) is 25.9 Å². The summed E-state index contributed by atoms with van der Waals surface area (Å²) < 4.78 is 0.333. The third kappa shape index (κ3) is 2.15. The van der Waals surface area contributed by atoms with Gasteiger partial charge in [-0.25, -0.2) is 4.98 Å². The van der Waals surface area contributed by atoms with E-state index in [0.29, 0.717) is 10.2 Å². The number of aliphatic hydroxyl groups excluding tert-OH is 1. The number of nitrogens with one attached hydrogen (secondary N) is 1. The molecule has 0 amide bonds. The Morgan fingerprint density at radius 1 is 1.77 bits per heavy atom. The third-order valence-electron chi connectivity index (χ3n) is 1.72. The van der Waals surface area contributed by atoms with Crippen LogP contribution in [-0.4, -0.2) is 28.2 Å². The van der Waals surface area contributed by atoms with Crippen LogP contribution in [0.1, 0.15) is 11.6 Å². The second-order valence-corrected chi connectivity index (χ2v) is 3.34. The van der Waals surface area contributed by atoms with Crippen molar-refractivity contribution in [2.75, 3.05) is 13.2 Å². The molecule has 13 heavy (non-hydrogen) atoms. The van der Waals surface area contributed by atoms with Crippen LogP contribution in [0.5, 0.6) is 0 Å².